The first-order valence-electron chi connectivity index (χ1n) is 15.1. The molecule has 0 bridgehead atoms. The lowest BCUT2D eigenvalue weighted by Crippen LogP contribution is -2.45. The lowest BCUT2D eigenvalue weighted by atomic mass is 9.90. The minimum absolute atomic E-state index is 0.130. The summed E-state index contributed by atoms with van der Waals surface area (Å²) in [6.45, 7) is 25.2. The lowest BCUT2D eigenvalue weighted by molar-refractivity contribution is -0.131. The van der Waals surface area contributed by atoms with Crippen molar-refractivity contribution >= 4 is 0 Å². The summed E-state index contributed by atoms with van der Waals surface area (Å²) in [5, 5.41) is 10.5. The predicted molar refractivity (Wildman–Crippen MR) is 174 cm³/mol. The van der Waals surface area contributed by atoms with Gasteiger partial charge in [0.15, 0.2) is 0 Å². The normalized spacial score (nSPS) is 11.6. The molecule has 42 heavy (non-hydrogen) atoms. The third-order valence-corrected chi connectivity index (χ3v) is 6.24. The first kappa shape index (κ1) is 40.4. The molecular formula is C35H62O7. The van der Waals surface area contributed by atoms with E-state index in [0.717, 1.165) is 0 Å². The van der Waals surface area contributed by atoms with E-state index in [0.29, 0.717) is 72.7 Å². The molecule has 0 aromatic heterocycles. The van der Waals surface area contributed by atoms with Crippen molar-refractivity contribution in [1.82, 2.24) is 0 Å². The zero-order valence-corrected chi connectivity index (χ0v) is 28.5. The van der Waals surface area contributed by atoms with Gasteiger partial charge in [0.25, 0.3) is 0 Å². The second-order valence-corrected chi connectivity index (χ2v) is 12.6. The summed E-state index contributed by atoms with van der Waals surface area (Å²) < 4.78 is 36.7. The van der Waals surface area contributed by atoms with E-state index in [1.165, 1.54) is 27.9 Å². The molecule has 0 saturated heterocycles. The maximum absolute atomic E-state index is 10.5. The molecule has 0 radical (unpaired) electrons. The van der Waals surface area contributed by atoms with E-state index in [-0.39, 0.29) is 13.2 Å². The van der Waals surface area contributed by atoms with Crippen LogP contribution in [0.2, 0.25) is 0 Å². The molecule has 0 heterocycles. The maximum atomic E-state index is 10.5. The average Bonchev–Trinajstić information content (AvgIpc) is 2.91. The maximum Gasteiger partial charge on any atom is 0.0650 e. The molecule has 0 saturated carbocycles. The van der Waals surface area contributed by atoms with Crippen molar-refractivity contribution in [3.05, 3.63) is 58.2 Å². The number of rotatable bonds is 25. The van der Waals surface area contributed by atoms with E-state index in [1.54, 1.807) is 0 Å². The van der Waals surface area contributed by atoms with Gasteiger partial charge >= 0.3 is 0 Å². The topological polar surface area (TPSA) is 75.6 Å². The average molecular weight is 595 g/mol. The van der Waals surface area contributed by atoms with Crippen LogP contribution in [0.4, 0.5) is 0 Å². The van der Waals surface area contributed by atoms with Crippen LogP contribution < -0.4 is 0 Å². The number of aliphatic hydroxyl groups excluding tert-OH is 1. The molecule has 7 nitrogen and oxygen atoms in total. The van der Waals surface area contributed by atoms with Gasteiger partial charge in [0.05, 0.1) is 96.7 Å². The van der Waals surface area contributed by atoms with Crippen LogP contribution in [0.25, 0.3) is 0 Å². The molecule has 7 heteroatoms. The second kappa shape index (κ2) is 23.8. The summed E-state index contributed by atoms with van der Waals surface area (Å²) in [6.07, 6.45) is 10.2. The summed E-state index contributed by atoms with van der Waals surface area (Å²) in [4.78, 5) is 0. The van der Waals surface area contributed by atoms with Crippen LogP contribution in [-0.4, -0.2) is 91.0 Å². The standard InChI is InChI=1S/C35H62O7/c1-29(2)11-16-37-22-34(21-36,23-38-17-12-30(3)4)24-42-28-35(25-39-18-13-31(5)6,26-40-19-14-32(7)8)27-41-20-15-33(9)10/h11-15,36H,16-28H2,1-10H3. The molecule has 0 spiro atoms. The van der Waals surface area contributed by atoms with Gasteiger partial charge in [0.1, 0.15) is 0 Å². The van der Waals surface area contributed by atoms with Crippen LogP contribution in [0.1, 0.15) is 69.2 Å². The molecule has 0 aliphatic carbocycles. The first-order chi connectivity index (χ1) is 19.9. The van der Waals surface area contributed by atoms with Crippen molar-refractivity contribution in [3.8, 4) is 0 Å². The van der Waals surface area contributed by atoms with E-state index in [9.17, 15) is 5.11 Å². The van der Waals surface area contributed by atoms with Crippen molar-refractivity contribution < 1.29 is 33.5 Å². The Kier molecular flexibility index (Phi) is 22.9. The van der Waals surface area contributed by atoms with Crippen LogP contribution in [0, 0.1) is 10.8 Å². The van der Waals surface area contributed by atoms with Gasteiger partial charge < -0.3 is 33.5 Å². The Bertz CT molecular complexity index is 763. The van der Waals surface area contributed by atoms with Crippen LogP contribution in [0.5, 0.6) is 0 Å². The number of hydrogen-bond donors (Lipinski definition) is 1. The van der Waals surface area contributed by atoms with E-state index < -0.39 is 10.8 Å². The zero-order valence-electron chi connectivity index (χ0n) is 28.5. The fourth-order valence-electron chi connectivity index (χ4n) is 3.50. The molecule has 0 amide bonds. The Morgan fingerprint density at radius 1 is 0.381 bits per heavy atom. The minimum Gasteiger partial charge on any atom is -0.396 e. The molecule has 0 atom stereocenters. The Hall–Kier alpha value is -1.58. The summed E-state index contributed by atoms with van der Waals surface area (Å²) in [6, 6.07) is 0. The molecule has 0 rings (SSSR count). The van der Waals surface area contributed by atoms with E-state index in [2.05, 4.69) is 59.8 Å². The lowest BCUT2D eigenvalue weighted by Gasteiger charge is -2.36. The Labute approximate surface area is 257 Å². The van der Waals surface area contributed by atoms with Crippen molar-refractivity contribution in [2.45, 2.75) is 69.2 Å². The monoisotopic (exact) mass is 594 g/mol. The van der Waals surface area contributed by atoms with Gasteiger partial charge in [0, 0.05) is 0 Å². The van der Waals surface area contributed by atoms with Gasteiger partial charge in [-0.15, -0.1) is 0 Å². The highest BCUT2D eigenvalue weighted by atomic mass is 16.5. The Morgan fingerprint density at radius 3 is 0.833 bits per heavy atom. The van der Waals surface area contributed by atoms with E-state index in [4.69, 9.17) is 28.4 Å². The summed E-state index contributed by atoms with van der Waals surface area (Å²) in [5.41, 5.74) is 4.69. The molecule has 0 unspecified atom stereocenters. The van der Waals surface area contributed by atoms with Gasteiger partial charge in [-0.25, -0.2) is 0 Å². The smallest absolute Gasteiger partial charge is 0.0650 e. The highest BCUT2D eigenvalue weighted by molar-refractivity contribution is 4.96. The van der Waals surface area contributed by atoms with Crippen LogP contribution in [0.3, 0.4) is 0 Å². The summed E-state index contributed by atoms with van der Waals surface area (Å²) in [5.74, 6) is 0. The fourth-order valence-corrected chi connectivity index (χ4v) is 3.50. The Morgan fingerprint density at radius 2 is 0.595 bits per heavy atom. The second-order valence-electron chi connectivity index (χ2n) is 12.6. The van der Waals surface area contributed by atoms with Crippen molar-refractivity contribution in [1.29, 1.82) is 0 Å². The van der Waals surface area contributed by atoms with Crippen molar-refractivity contribution in [2.75, 3.05) is 85.9 Å². The molecule has 0 aliphatic rings. The van der Waals surface area contributed by atoms with Crippen molar-refractivity contribution in [2.24, 2.45) is 10.8 Å². The predicted octanol–water partition coefficient (Wildman–Crippen LogP) is 6.88. The molecule has 244 valence electrons. The van der Waals surface area contributed by atoms with E-state index >= 15 is 0 Å². The number of aliphatic hydroxyl groups is 1. The molecule has 1 N–H and O–H groups in total. The SMILES string of the molecule is CC(C)=CCOCC(CO)(COCC=C(C)C)COCC(COCC=C(C)C)(COCC=C(C)C)COCC=C(C)C. The first-order valence-corrected chi connectivity index (χ1v) is 15.1. The molecular weight excluding hydrogens is 532 g/mol. The van der Waals surface area contributed by atoms with Gasteiger partial charge in [-0.1, -0.05) is 58.2 Å². The molecule has 0 aliphatic heterocycles. The third-order valence-electron chi connectivity index (χ3n) is 6.24. The summed E-state index contributed by atoms with van der Waals surface area (Å²) in [7, 11) is 0. The molecule has 0 aromatic rings. The van der Waals surface area contributed by atoms with Gasteiger partial charge in [-0.3, -0.25) is 0 Å². The van der Waals surface area contributed by atoms with Crippen LogP contribution in [0.15, 0.2) is 58.2 Å². The van der Waals surface area contributed by atoms with Crippen molar-refractivity contribution in [3.63, 3.8) is 0 Å². The number of hydrogen-bond acceptors (Lipinski definition) is 7. The zero-order chi connectivity index (χ0) is 31.9. The van der Waals surface area contributed by atoms with Crippen LogP contribution >= 0.6 is 0 Å². The highest BCUT2D eigenvalue weighted by Crippen LogP contribution is 2.25. The molecule has 0 aromatic carbocycles. The fraction of sp³-hybridized carbons (Fsp3) is 0.714. The van der Waals surface area contributed by atoms with Crippen LogP contribution in [-0.2, 0) is 28.4 Å². The van der Waals surface area contributed by atoms with Gasteiger partial charge in [-0.05, 0) is 69.2 Å². The van der Waals surface area contributed by atoms with Gasteiger partial charge in [0.2, 0.25) is 0 Å². The number of allylic oxidation sites excluding steroid dienone is 5. The largest absolute Gasteiger partial charge is 0.396 e. The van der Waals surface area contributed by atoms with E-state index in [1.807, 2.05) is 39.8 Å². The Balaban J connectivity index is 5.85. The quantitative estimate of drug-likeness (QED) is 0.0912. The highest BCUT2D eigenvalue weighted by Gasteiger charge is 2.36. The minimum atomic E-state index is -0.717. The summed E-state index contributed by atoms with van der Waals surface area (Å²) >= 11 is 0. The van der Waals surface area contributed by atoms with Gasteiger partial charge in [-0.2, -0.15) is 0 Å². The number of ether oxygens (including phenoxy) is 6. The molecule has 0 fully saturated rings. The third kappa shape index (κ3) is 22.0.